The number of amides is 2. The molecule has 0 saturated heterocycles. The van der Waals surface area contributed by atoms with Crippen LogP contribution in [-0.4, -0.2) is 45.2 Å². The summed E-state index contributed by atoms with van der Waals surface area (Å²) in [5.41, 5.74) is 7.30. The van der Waals surface area contributed by atoms with Crippen molar-refractivity contribution in [1.29, 1.82) is 0 Å². The molecule has 0 heterocycles. The minimum Gasteiger partial charge on any atom is -0.497 e. The van der Waals surface area contributed by atoms with Crippen LogP contribution in [0.15, 0.2) is 18.2 Å². The lowest BCUT2D eigenvalue weighted by molar-refractivity contribution is 0.218. The summed E-state index contributed by atoms with van der Waals surface area (Å²) in [4.78, 5) is 12.7. The van der Waals surface area contributed by atoms with Gasteiger partial charge in [0.25, 0.3) is 0 Å². The lowest BCUT2D eigenvalue weighted by Gasteiger charge is -2.13. The number of hydrogen-bond acceptors (Lipinski definition) is 4. The van der Waals surface area contributed by atoms with Gasteiger partial charge in [-0.25, -0.2) is 4.79 Å². The highest BCUT2D eigenvalue weighted by Crippen LogP contribution is 2.23. The van der Waals surface area contributed by atoms with Crippen molar-refractivity contribution in [3.63, 3.8) is 0 Å². The average molecular weight is 252 g/mol. The van der Waals surface area contributed by atoms with Gasteiger partial charge in [0, 0.05) is 33.3 Å². The van der Waals surface area contributed by atoms with Crippen LogP contribution in [0.5, 0.6) is 5.75 Å². The Kier molecular flexibility index (Phi) is 5.10. The van der Waals surface area contributed by atoms with Gasteiger partial charge in [-0.2, -0.15) is 0 Å². The van der Waals surface area contributed by atoms with Crippen LogP contribution in [0, 0.1) is 0 Å². The number of rotatable bonds is 5. The molecule has 1 aromatic rings. The second-order valence-corrected chi connectivity index (χ2v) is 4.01. The Morgan fingerprint density at radius 1 is 1.39 bits per heavy atom. The SMILES string of the molecule is COc1ccc(NCCNC(=O)N(C)C)c(N)c1. The Hall–Kier alpha value is -2.11. The van der Waals surface area contributed by atoms with E-state index in [2.05, 4.69) is 10.6 Å². The molecular weight excluding hydrogens is 232 g/mol. The van der Waals surface area contributed by atoms with Crippen LogP contribution in [0.2, 0.25) is 0 Å². The number of nitrogens with one attached hydrogen (secondary N) is 2. The molecule has 0 bridgehead atoms. The Bertz CT molecular complexity index is 407. The van der Waals surface area contributed by atoms with Gasteiger partial charge in [0.15, 0.2) is 0 Å². The maximum Gasteiger partial charge on any atom is 0.316 e. The van der Waals surface area contributed by atoms with Crippen molar-refractivity contribution in [3.05, 3.63) is 18.2 Å². The molecule has 0 atom stereocenters. The summed E-state index contributed by atoms with van der Waals surface area (Å²) >= 11 is 0. The summed E-state index contributed by atoms with van der Waals surface area (Å²) in [5.74, 6) is 0.721. The third-order valence-electron chi connectivity index (χ3n) is 2.38. The molecule has 0 fully saturated rings. The zero-order valence-corrected chi connectivity index (χ0v) is 11.0. The first-order valence-corrected chi connectivity index (χ1v) is 5.67. The monoisotopic (exact) mass is 252 g/mol. The number of nitrogen functional groups attached to an aromatic ring is 1. The molecule has 0 aromatic heterocycles. The van der Waals surface area contributed by atoms with Crippen molar-refractivity contribution in [2.75, 3.05) is 45.3 Å². The molecule has 0 spiro atoms. The molecule has 2 amide bonds. The third-order valence-corrected chi connectivity index (χ3v) is 2.38. The van der Waals surface area contributed by atoms with Crippen molar-refractivity contribution in [2.24, 2.45) is 0 Å². The number of carbonyl (C=O) groups is 1. The first kappa shape index (κ1) is 14.0. The van der Waals surface area contributed by atoms with E-state index in [1.54, 1.807) is 27.3 Å². The van der Waals surface area contributed by atoms with Gasteiger partial charge in [0.05, 0.1) is 18.5 Å². The molecule has 0 aliphatic carbocycles. The van der Waals surface area contributed by atoms with Crippen LogP contribution in [0.25, 0.3) is 0 Å². The second kappa shape index (κ2) is 6.58. The van der Waals surface area contributed by atoms with Crippen LogP contribution < -0.4 is 21.1 Å². The summed E-state index contributed by atoms with van der Waals surface area (Å²) in [5, 5.41) is 5.90. The Labute approximate surface area is 107 Å². The number of nitrogens with two attached hydrogens (primary N) is 1. The number of carbonyl (C=O) groups excluding carboxylic acids is 1. The van der Waals surface area contributed by atoms with Crippen molar-refractivity contribution in [3.8, 4) is 5.75 Å². The number of methoxy groups -OCH3 is 1. The van der Waals surface area contributed by atoms with Crippen molar-refractivity contribution in [2.45, 2.75) is 0 Å². The minimum absolute atomic E-state index is 0.112. The van der Waals surface area contributed by atoms with Crippen LogP contribution in [-0.2, 0) is 0 Å². The topological polar surface area (TPSA) is 79.6 Å². The molecule has 6 nitrogen and oxygen atoms in total. The normalized spacial score (nSPS) is 9.72. The zero-order valence-electron chi connectivity index (χ0n) is 11.0. The Balaban J connectivity index is 2.38. The summed E-state index contributed by atoms with van der Waals surface area (Å²) in [6.45, 7) is 1.14. The first-order valence-electron chi connectivity index (χ1n) is 5.67. The van der Waals surface area contributed by atoms with E-state index in [1.807, 2.05) is 12.1 Å². The Morgan fingerprint density at radius 3 is 2.67 bits per heavy atom. The fraction of sp³-hybridized carbons (Fsp3) is 0.417. The quantitative estimate of drug-likeness (QED) is 0.538. The van der Waals surface area contributed by atoms with Gasteiger partial charge in [-0.3, -0.25) is 0 Å². The zero-order chi connectivity index (χ0) is 13.5. The van der Waals surface area contributed by atoms with E-state index in [1.165, 1.54) is 4.90 Å². The number of ether oxygens (including phenoxy) is 1. The highest BCUT2D eigenvalue weighted by molar-refractivity contribution is 5.73. The highest BCUT2D eigenvalue weighted by atomic mass is 16.5. The van der Waals surface area contributed by atoms with Gasteiger partial charge in [-0.1, -0.05) is 0 Å². The number of urea groups is 1. The third kappa shape index (κ3) is 4.04. The average Bonchev–Trinajstić information content (AvgIpc) is 2.35. The number of anilines is 2. The predicted molar refractivity (Wildman–Crippen MR) is 73.0 cm³/mol. The molecule has 1 rings (SSSR count). The highest BCUT2D eigenvalue weighted by Gasteiger charge is 2.02. The van der Waals surface area contributed by atoms with Gasteiger partial charge in [-0.15, -0.1) is 0 Å². The lowest BCUT2D eigenvalue weighted by Crippen LogP contribution is -2.37. The second-order valence-electron chi connectivity index (χ2n) is 4.01. The van der Waals surface area contributed by atoms with E-state index >= 15 is 0 Å². The maximum absolute atomic E-state index is 11.3. The number of nitrogens with zero attached hydrogens (tertiary/aromatic N) is 1. The summed E-state index contributed by atoms with van der Waals surface area (Å²) in [6.07, 6.45) is 0. The molecule has 0 saturated carbocycles. The van der Waals surface area contributed by atoms with E-state index < -0.39 is 0 Å². The smallest absolute Gasteiger partial charge is 0.316 e. The molecule has 0 aliphatic heterocycles. The largest absolute Gasteiger partial charge is 0.497 e. The fourth-order valence-corrected chi connectivity index (χ4v) is 1.35. The van der Waals surface area contributed by atoms with Crippen LogP contribution >= 0.6 is 0 Å². The predicted octanol–water partition coefficient (Wildman–Crippen LogP) is 0.960. The van der Waals surface area contributed by atoms with E-state index in [4.69, 9.17) is 10.5 Å². The molecule has 0 unspecified atom stereocenters. The van der Waals surface area contributed by atoms with Gasteiger partial charge in [0.2, 0.25) is 0 Å². The standard InChI is InChI=1S/C12H20N4O2/c1-16(2)12(17)15-7-6-14-11-5-4-9(18-3)8-10(11)13/h4-5,8,14H,6-7,13H2,1-3H3,(H,15,17). The van der Waals surface area contributed by atoms with Crippen LogP contribution in [0.1, 0.15) is 0 Å². The summed E-state index contributed by atoms with van der Waals surface area (Å²) in [6, 6.07) is 5.32. The lowest BCUT2D eigenvalue weighted by atomic mass is 10.2. The number of hydrogen-bond donors (Lipinski definition) is 3. The fourth-order valence-electron chi connectivity index (χ4n) is 1.35. The van der Waals surface area contributed by atoms with E-state index in [0.717, 1.165) is 11.4 Å². The molecule has 0 radical (unpaired) electrons. The first-order chi connectivity index (χ1) is 8.54. The van der Waals surface area contributed by atoms with E-state index in [-0.39, 0.29) is 6.03 Å². The Morgan fingerprint density at radius 2 is 2.11 bits per heavy atom. The van der Waals surface area contributed by atoms with Crippen molar-refractivity contribution < 1.29 is 9.53 Å². The molecule has 0 aliphatic rings. The minimum atomic E-state index is -0.112. The van der Waals surface area contributed by atoms with E-state index in [9.17, 15) is 4.79 Å². The molecule has 4 N–H and O–H groups in total. The summed E-state index contributed by atoms with van der Waals surface area (Å²) < 4.78 is 5.06. The van der Waals surface area contributed by atoms with Crippen molar-refractivity contribution >= 4 is 17.4 Å². The van der Waals surface area contributed by atoms with E-state index in [0.29, 0.717) is 18.8 Å². The van der Waals surface area contributed by atoms with Gasteiger partial charge in [0.1, 0.15) is 5.75 Å². The summed E-state index contributed by atoms with van der Waals surface area (Å²) in [7, 11) is 4.99. The number of benzene rings is 1. The van der Waals surface area contributed by atoms with Crippen LogP contribution in [0.3, 0.4) is 0 Å². The molecule has 1 aromatic carbocycles. The van der Waals surface area contributed by atoms with Gasteiger partial charge in [-0.05, 0) is 12.1 Å². The molecule has 100 valence electrons. The van der Waals surface area contributed by atoms with Gasteiger partial charge >= 0.3 is 6.03 Å². The van der Waals surface area contributed by atoms with Crippen molar-refractivity contribution in [1.82, 2.24) is 10.2 Å². The molecule has 18 heavy (non-hydrogen) atoms. The van der Waals surface area contributed by atoms with Gasteiger partial charge < -0.3 is 26.0 Å². The van der Waals surface area contributed by atoms with Crippen LogP contribution in [0.4, 0.5) is 16.2 Å². The molecule has 6 heteroatoms. The maximum atomic E-state index is 11.3. The molecular formula is C12H20N4O2.